The van der Waals surface area contributed by atoms with E-state index in [1.165, 1.54) is 19.3 Å². The summed E-state index contributed by atoms with van der Waals surface area (Å²) in [7, 11) is 0. The number of aliphatic hydroxyl groups is 1. The lowest BCUT2D eigenvalue weighted by molar-refractivity contribution is 0.104. The monoisotopic (exact) mass is 203 g/mol. The molecule has 0 saturated heterocycles. The molecule has 1 heterocycles. The fraction of sp³-hybridized carbons (Fsp3) is 0.615. The Morgan fingerprint density at radius 3 is 2.60 bits per heavy atom. The van der Waals surface area contributed by atoms with E-state index in [4.69, 9.17) is 0 Å². The Bertz CT molecular complexity index is 349. The van der Waals surface area contributed by atoms with Gasteiger partial charge in [0, 0.05) is 11.9 Å². The summed E-state index contributed by atoms with van der Waals surface area (Å²) in [6.45, 7) is 1.97. The van der Waals surface area contributed by atoms with Crippen LogP contribution in [-0.2, 0) is 0 Å². The highest BCUT2D eigenvalue weighted by Gasteiger charge is 2.47. The topological polar surface area (TPSA) is 33.1 Å². The molecular weight excluding hydrogens is 186 g/mol. The van der Waals surface area contributed by atoms with Crippen LogP contribution >= 0.6 is 0 Å². The third kappa shape index (κ3) is 1.67. The maximum absolute atomic E-state index is 10.2. The zero-order chi connectivity index (χ0) is 10.4. The molecule has 0 bridgehead atoms. The minimum absolute atomic E-state index is 0.286. The summed E-state index contributed by atoms with van der Waals surface area (Å²) in [6, 6.07) is 3.99. The van der Waals surface area contributed by atoms with E-state index in [-0.39, 0.29) is 6.10 Å². The number of nitrogens with zero attached hydrogens (tertiary/aromatic N) is 1. The van der Waals surface area contributed by atoms with Gasteiger partial charge in [-0.1, -0.05) is 6.07 Å². The van der Waals surface area contributed by atoms with Crippen LogP contribution in [0, 0.1) is 24.7 Å². The molecule has 1 aromatic rings. The van der Waals surface area contributed by atoms with Gasteiger partial charge in [0.2, 0.25) is 0 Å². The maximum Gasteiger partial charge on any atom is 0.0833 e. The van der Waals surface area contributed by atoms with Gasteiger partial charge in [-0.05, 0) is 55.6 Å². The average Bonchev–Trinajstić information content (AvgIpc) is 2.86. The smallest absolute Gasteiger partial charge is 0.0833 e. The summed E-state index contributed by atoms with van der Waals surface area (Å²) in [5.41, 5.74) is 2.01. The summed E-state index contributed by atoms with van der Waals surface area (Å²) >= 11 is 0. The molecule has 2 heteroatoms. The molecule has 0 amide bonds. The molecule has 1 aromatic heterocycles. The van der Waals surface area contributed by atoms with Gasteiger partial charge in [-0.15, -0.1) is 0 Å². The van der Waals surface area contributed by atoms with Gasteiger partial charge in [0.1, 0.15) is 0 Å². The van der Waals surface area contributed by atoms with Gasteiger partial charge >= 0.3 is 0 Å². The largest absolute Gasteiger partial charge is 0.388 e. The molecule has 0 aliphatic heterocycles. The van der Waals surface area contributed by atoms with E-state index in [9.17, 15) is 5.11 Å². The van der Waals surface area contributed by atoms with E-state index in [1.54, 1.807) is 0 Å². The molecule has 0 radical (unpaired) electrons. The summed E-state index contributed by atoms with van der Waals surface area (Å²) < 4.78 is 0. The van der Waals surface area contributed by atoms with Crippen molar-refractivity contribution in [3.8, 4) is 0 Å². The molecule has 2 aliphatic carbocycles. The lowest BCUT2D eigenvalue weighted by atomic mass is 9.92. The number of aryl methyl sites for hydroxylation is 1. The number of aliphatic hydroxyl groups excluding tert-OH is 1. The normalized spacial score (nSPS) is 34.9. The van der Waals surface area contributed by atoms with Gasteiger partial charge in [0.05, 0.1) is 6.10 Å². The first-order valence-corrected chi connectivity index (χ1v) is 5.84. The minimum atomic E-state index is -0.286. The van der Waals surface area contributed by atoms with Crippen LogP contribution in [-0.4, -0.2) is 10.1 Å². The third-order valence-corrected chi connectivity index (χ3v) is 4.00. The van der Waals surface area contributed by atoms with Crippen LogP contribution in [0.25, 0.3) is 0 Å². The maximum atomic E-state index is 10.2. The van der Waals surface area contributed by atoms with Crippen LogP contribution in [0.2, 0.25) is 0 Å². The van der Waals surface area contributed by atoms with Crippen LogP contribution in [0.5, 0.6) is 0 Å². The van der Waals surface area contributed by atoms with E-state index in [2.05, 4.69) is 4.98 Å². The lowest BCUT2D eigenvalue weighted by Crippen LogP contribution is -2.11. The van der Waals surface area contributed by atoms with Crippen LogP contribution < -0.4 is 0 Å². The highest BCUT2D eigenvalue weighted by atomic mass is 16.3. The number of rotatable bonds is 2. The molecule has 3 unspecified atom stereocenters. The van der Waals surface area contributed by atoms with Crippen molar-refractivity contribution in [1.29, 1.82) is 0 Å². The summed E-state index contributed by atoms with van der Waals surface area (Å²) in [4.78, 5) is 4.24. The molecule has 2 aliphatic rings. The van der Waals surface area contributed by atoms with Crippen molar-refractivity contribution >= 4 is 0 Å². The molecule has 3 atom stereocenters. The Hall–Kier alpha value is -0.890. The Balaban J connectivity index is 1.73. The second kappa shape index (κ2) is 3.31. The van der Waals surface area contributed by atoms with E-state index < -0.39 is 0 Å². The van der Waals surface area contributed by atoms with Crippen molar-refractivity contribution in [2.45, 2.75) is 32.3 Å². The van der Waals surface area contributed by atoms with Crippen molar-refractivity contribution < 1.29 is 5.11 Å². The molecule has 0 spiro atoms. The van der Waals surface area contributed by atoms with Gasteiger partial charge in [0.25, 0.3) is 0 Å². The summed E-state index contributed by atoms with van der Waals surface area (Å²) in [6.07, 6.45) is 5.39. The molecule has 0 aromatic carbocycles. The van der Waals surface area contributed by atoms with E-state index >= 15 is 0 Å². The zero-order valence-corrected chi connectivity index (χ0v) is 9.06. The van der Waals surface area contributed by atoms with Crippen molar-refractivity contribution in [3.63, 3.8) is 0 Å². The zero-order valence-electron chi connectivity index (χ0n) is 9.06. The minimum Gasteiger partial charge on any atom is -0.388 e. The second-order valence-electron chi connectivity index (χ2n) is 5.17. The molecular formula is C13H17NO. The molecule has 15 heavy (non-hydrogen) atoms. The molecule has 1 N–H and O–H groups in total. The number of aromatic nitrogens is 1. The van der Waals surface area contributed by atoms with Crippen LogP contribution in [0.4, 0.5) is 0 Å². The SMILES string of the molecule is Cc1ccc(C(O)C2CC3CC3C2)cn1. The quantitative estimate of drug-likeness (QED) is 0.801. The first-order valence-electron chi connectivity index (χ1n) is 5.84. The van der Waals surface area contributed by atoms with E-state index in [0.717, 1.165) is 23.1 Å². The highest BCUT2D eigenvalue weighted by molar-refractivity contribution is 5.17. The summed E-state index contributed by atoms with van der Waals surface area (Å²) in [5.74, 6) is 2.35. The van der Waals surface area contributed by atoms with Gasteiger partial charge in [0.15, 0.2) is 0 Å². The van der Waals surface area contributed by atoms with Crippen molar-refractivity contribution in [2.24, 2.45) is 17.8 Å². The van der Waals surface area contributed by atoms with E-state index in [1.807, 2.05) is 25.3 Å². The fourth-order valence-electron chi connectivity index (χ4n) is 2.95. The molecule has 80 valence electrons. The van der Waals surface area contributed by atoms with Crippen molar-refractivity contribution in [2.75, 3.05) is 0 Å². The van der Waals surface area contributed by atoms with Crippen molar-refractivity contribution in [1.82, 2.24) is 4.98 Å². The van der Waals surface area contributed by atoms with Crippen LogP contribution in [0.15, 0.2) is 18.3 Å². The van der Waals surface area contributed by atoms with Crippen molar-refractivity contribution in [3.05, 3.63) is 29.6 Å². The average molecular weight is 203 g/mol. The fourth-order valence-corrected chi connectivity index (χ4v) is 2.95. The Kier molecular flexibility index (Phi) is 2.06. The van der Waals surface area contributed by atoms with Crippen LogP contribution in [0.1, 0.15) is 36.6 Å². The second-order valence-corrected chi connectivity index (χ2v) is 5.17. The van der Waals surface area contributed by atoms with Gasteiger partial charge in [-0.2, -0.15) is 0 Å². The number of pyridine rings is 1. The van der Waals surface area contributed by atoms with Crippen LogP contribution in [0.3, 0.4) is 0 Å². The number of hydrogen-bond acceptors (Lipinski definition) is 2. The lowest BCUT2D eigenvalue weighted by Gasteiger charge is -2.19. The number of hydrogen-bond donors (Lipinski definition) is 1. The molecule has 2 saturated carbocycles. The first-order chi connectivity index (χ1) is 7.24. The number of fused-ring (bicyclic) bond motifs is 1. The Labute approximate surface area is 90.4 Å². The van der Waals surface area contributed by atoms with Gasteiger partial charge in [-0.25, -0.2) is 0 Å². The Morgan fingerprint density at radius 2 is 2.00 bits per heavy atom. The summed E-state index contributed by atoms with van der Waals surface area (Å²) in [5, 5.41) is 10.2. The predicted octanol–water partition coefficient (Wildman–Crippen LogP) is 2.47. The van der Waals surface area contributed by atoms with Gasteiger partial charge < -0.3 is 5.11 Å². The standard InChI is InChI=1S/C13H17NO/c1-8-2-3-9(7-14-8)13(15)12-5-10-4-11(10)6-12/h2-3,7,10-13,15H,4-6H2,1H3. The molecule has 3 rings (SSSR count). The Morgan fingerprint density at radius 1 is 1.27 bits per heavy atom. The predicted molar refractivity (Wildman–Crippen MR) is 58.3 cm³/mol. The molecule has 2 fully saturated rings. The first kappa shape index (κ1) is 9.34. The third-order valence-electron chi connectivity index (χ3n) is 4.00. The van der Waals surface area contributed by atoms with E-state index in [0.29, 0.717) is 5.92 Å². The van der Waals surface area contributed by atoms with Gasteiger partial charge in [-0.3, -0.25) is 4.98 Å². The molecule has 2 nitrogen and oxygen atoms in total. The highest BCUT2D eigenvalue weighted by Crippen LogP contribution is 2.57.